The van der Waals surface area contributed by atoms with Crippen molar-refractivity contribution in [3.63, 3.8) is 0 Å². The van der Waals surface area contributed by atoms with E-state index in [0.717, 1.165) is 23.3 Å². The largest absolute Gasteiger partial charge is 0.416 e. The molecule has 0 bridgehead atoms. The third-order valence-corrected chi connectivity index (χ3v) is 6.57. The fourth-order valence-electron chi connectivity index (χ4n) is 2.96. The predicted molar refractivity (Wildman–Crippen MR) is 126 cm³/mol. The topological polar surface area (TPSA) is 53.9 Å². The molecule has 4 nitrogen and oxygen atoms in total. The summed E-state index contributed by atoms with van der Waals surface area (Å²) in [6.07, 6.45) is -1.17. The van der Waals surface area contributed by atoms with E-state index in [-0.39, 0.29) is 5.70 Å². The molecule has 0 spiro atoms. The van der Waals surface area contributed by atoms with E-state index < -0.39 is 11.7 Å². The van der Waals surface area contributed by atoms with Gasteiger partial charge in [-0.1, -0.05) is 76.8 Å². The molecular weight excluding hydrogens is 465 g/mol. The van der Waals surface area contributed by atoms with Crippen LogP contribution >= 0.6 is 22.7 Å². The zero-order valence-electron chi connectivity index (χ0n) is 17.0. The highest BCUT2D eigenvalue weighted by molar-refractivity contribution is 7.27. The van der Waals surface area contributed by atoms with E-state index in [0.29, 0.717) is 30.8 Å². The number of nitriles is 1. The Morgan fingerprint density at radius 2 is 1.48 bits per heavy atom. The van der Waals surface area contributed by atoms with Crippen LogP contribution in [-0.4, -0.2) is 9.97 Å². The molecule has 162 valence electrons. The van der Waals surface area contributed by atoms with Gasteiger partial charge in [-0.25, -0.2) is 14.8 Å². The molecule has 2 heterocycles. The van der Waals surface area contributed by atoms with E-state index in [1.165, 1.54) is 40.9 Å². The molecule has 0 atom stereocenters. The van der Waals surface area contributed by atoms with Gasteiger partial charge in [-0.3, -0.25) is 0 Å². The smallest absolute Gasteiger partial charge is 0.237 e. The molecule has 9 heteroatoms. The molecule has 2 aromatic carbocycles. The number of hydrogen-bond acceptors (Lipinski definition) is 5. The molecule has 0 unspecified atom stereocenters. The average Bonchev–Trinajstić information content (AvgIpc) is 3.34. The van der Waals surface area contributed by atoms with Crippen molar-refractivity contribution in [1.29, 1.82) is 5.26 Å². The van der Waals surface area contributed by atoms with Crippen LogP contribution in [0.25, 0.3) is 37.9 Å². The normalized spacial score (nSPS) is 12.5. The number of rotatable bonds is 4. The molecular formula is C24H13F3N4S2. The van der Waals surface area contributed by atoms with Gasteiger partial charge in [0.05, 0.1) is 23.8 Å². The second kappa shape index (κ2) is 8.99. The first-order chi connectivity index (χ1) is 15.8. The first-order valence-corrected chi connectivity index (χ1v) is 11.1. The molecule has 0 radical (unpaired) electrons. The molecule has 0 aliphatic carbocycles. The predicted octanol–water partition coefficient (Wildman–Crippen LogP) is 7.56. The Hall–Kier alpha value is -3.79. The average molecular weight is 479 g/mol. The summed E-state index contributed by atoms with van der Waals surface area (Å²) in [4.78, 5) is 13.8. The van der Waals surface area contributed by atoms with Gasteiger partial charge >= 0.3 is 6.18 Å². The number of benzene rings is 2. The van der Waals surface area contributed by atoms with Gasteiger partial charge in [0.25, 0.3) is 0 Å². The molecule has 0 amide bonds. The van der Waals surface area contributed by atoms with E-state index in [4.69, 9.17) is 6.57 Å². The number of aryl methyl sites for hydroxylation is 1. The summed E-state index contributed by atoms with van der Waals surface area (Å²) in [5.74, 6) is 0. The Morgan fingerprint density at radius 3 is 2.00 bits per heavy atom. The lowest BCUT2D eigenvalue weighted by molar-refractivity contribution is -0.137. The van der Waals surface area contributed by atoms with Gasteiger partial charge in [0.1, 0.15) is 10.0 Å². The number of fused-ring (bicyclic) bond motifs is 1. The van der Waals surface area contributed by atoms with E-state index >= 15 is 0 Å². The number of hydrogen-bond donors (Lipinski definition) is 0. The third-order valence-electron chi connectivity index (χ3n) is 4.65. The summed E-state index contributed by atoms with van der Waals surface area (Å²) in [5, 5.41) is 10.7. The maximum absolute atomic E-state index is 12.8. The highest BCUT2D eigenvalue weighted by Gasteiger charge is 2.30. The number of allylic oxidation sites excluding steroid dienone is 1. The quantitative estimate of drug-likeness (QED) is 0.225. The lowest BCUT2D eigenvalue weighted by Gasteiger charge is -2.06. The van der Waals surface area contributed by atoms with Crippen LogP contribution in [0.3, 0.4) is 0 Å². The van der Waals surface area contributed by atoms with Crippen LogP contribution in [0.5, 0.6) is 0 Å². The minimum absolute atomic E-state index is 0.191. The minimum Gasteiger partial charge on any atom is -0.237 e. The van der Waals surface area contributed by atoms with Gasteiger partial charge in [-0.05, 0) is 30.2 Å². The standard InChI is InChI=1S/C24H13F3N4S2/c1-14-3-5-15(6-4-14)17(13-28)11-20-30-22-23(32-20)31-21(33-22)12-19(29-2)16-7-9-18(10-8-16)24(25,26)27/h3-12H,1H3/b17-11+,19-12-. The van der Waals surface area contributed by atoms with E-state index in [9.17, 15) is 18.4 Å². The van der Waals surface area contributed by atoms with Crippen LogP contribution in [0.1, 0.15) is 32.3 Å². The van der Waals surface area contributed by atoms with E-state index in [1.54, 1.807) is 6.08 Å². The molecule has 0 N–H and O–H groups in total. The second-order valence-electron chi connectivity index (χ2n) is 6.97. The van der Waals surface area contributed by atoms with Gasteiger partial charge < -0.3 is 0 Å². The SMILES string of the molecule is [C-]#[N+]/C(=C\c1nc2sc(/C=C(\C#N)c3ccc(C)cc3)nc2s1)c1ccc(C(F)(F)F)cc1. The molecule has 2 aromatic heterocycles. The number of thiazole rings is 2. The number of alkyl halides is 3. The fourth-order valence-corrected chi connectivity index (χ4v) is 4.90. The van der Waals surface area contributed by atoms with Crippen molar-refractivity contribution in [2.75, 3.05) is 0 Å². The Morgan fingerprint density at radius 1 is 0.939 bits per heavy atom. The van der Waals surface area contributed by atoms with Crippen molar-refractivity contribution in [3.8, 4) is 6.07 Å². The van der Waals surface area contributed by atoms with E-state index in [1.807, 2.05) is 31.2 Å². The highest BCUT2D eigenvalue weighted by atomic mass is 32.1. The zero-order valence-corrected chi connectivity index (χ0v) is 18.6. The molecule has 33 heavy (non-hydrogen) atoms. The van der Waals surface area contributed by atoms with Crippen LogP contribution in [0.15, 0.2) is 48.5 Å². The maximum Gasteiger partial charge on any atom is 0.416 e. The van der Waals surface area contributed by atoms with Gasteiger partial charge in [0, 0.05) is 0 Å². The molecule has 0 fully saturated rings. The third kappa shape index (κ3) is 5.01. The van der Waals surface area contributed by atoms with Crippen molar-refractivity contribution in [2.45, 2.75) is 13.1 Å². The zero-order chi connectivity index (χ0) is 23.6. The maximum atomic E-state index is 12.8. The van der Waals surface area contributed by atoms with Gasteiger partial charge in [-0.15, -0.1) is 0 Å². The highest BCUT2D eigenvalue weighted by Crippen LogP contribution is 2.33. The molecule has 0 aliphatic rings. The molecule has 0 aliphatic heterocycles. The summed E-state index contributed by atoms with van der Waals surface area (Å²) >= 11 is 2.60. The Balaban J connectivity index is 1.61. The van der Waals surface area contributed by atoms with Crippen LogP contribution in [0.4, 0.5) is 13.2 Å². The monoisotopic (exact) mass is 478 g/mol. The molecule has 0 saturated heterocycles. The summed E-state index contributed by atoms with van der Waals surface area (Å²) in [7, 11) is 0. The summed E-state index contributed by atoms with van der Waals surface area (Å²) in [6.45, 7) is 9.38. The van der Waals surface area contributed by atoms with Crippen LogP contribution < -0.4 is 0 Å². The molecule has 4 rings (SSSR count). The number of aromatic nitrogens is 2. The van der Waals surface area contributed by atoms with Crippen molar-refractivity contribution in [2.24, 2.45) is 0 Å². The van der Waals surface area contributed by atoms with E-state index in [2.05, 4.69) is 20.9 Å². The Labute approximate surface area is 195 Å². The van der Waals surface area contributed by atoms with Crippen LogP contribution in [0, 0.1) is 24.8 Å². The van der Waals surface area contributed by atoms with Gasteiger partial charge in [0.2, 0.25) is 0 Å². The lowest BCUT2D eigenvalue weighted by atomic mass is 10.1. The summed E-state index contributed by atoms with van der Waals surface area (Å²) in [5.41, 5.74) is 2.20. The Kier molecular flexibility index (Phi) is 6.10. The van der Waals surface area contributed by atoms with Crippen molar-refractivity contribution < 1.29 is 13.2 Å². The molecule has 0 saturated carbocycles. The van der Waals surface area contributed by atoms with Crippen molar-refractivity contribution >= 4 is 55.8 Å². The van der Waals surface area contributed by atoms with Crippen LogP contribution in [0.2, 0.25) is 0 Å². The lowest BCUT2D eigenvalue weighted by Crippen LogP contribution is -2.04. The van der Waals surface area contributed by atoms with Crippen LogP contribution in [-0.2, 0) is 6.18 Å². The number of nitrogens with zero attached hydrogens (tertiary/aromatic N) is 4. The summed E-state index contributed by atoms with van der Waals surface area (Å²) < 4.78 is 38.3. The number of halogens is 3. The fraction of sp³-hybridized carbons (Fsp3) is 0.0833. The van der Waals surface area contributed by atoms with Gasteiger partial charge in [-0.2, -0.15) is 18.4 Å². The minimum atomic E-state index is -4.43. The Bertz CT molecular complexity index is 1430. The van der Waals surface area contributed by atoms with Gasteiger partial charge in [0.15, 0.2) is 15.4 Å². The first-order valence-electron chi connectivity index (χ1n) is 9.50. The summed E-state index contributed by atoms with van der Waals surface area (Å²) in [6, 6.07) is 14.3. The molecule has 4 aromatic rings. The van der Waals surface area contributed by atoms with Crippen molar-refractivity contribution in [1.82, 2.24) is 9.97 Å². The first kappa shape index (κ1) is 22.4. The second-order valence-corrected chi connectivity index (χ2v) is 8.99. The van der Waals surface area contributed by atoms with Crippen molar-refractivity contribution in [3.05, 3.63) is 92.2 Å².